The van der Waals surface area contributed by atoms with Gasteiger partial charge in [0.05, 0.1) is 5.69 Å². The molecule has 0 aliphatic carbocycles. The summed E-state index contributed by atoms with van der Waals surface area (Å²) in [4.78, 5) is 9.03. The third-order valence-corrected chi connectivity index (χ3v) is 3.47. The van der Waals surface area contributed by atoms with Crippen molar-refractivity contribution >= 4 is 11.6 Å². The lowest BCUT2D eigenvalue weighted by molar-refractivity contribution is 0.833. The first-order valence-corrected chi connectivity index (χ1v) is 7.00. The average Bonchev–Trinajstić information content (AvgIpc) is 2.32. The molecule has 0 atom stereocenters. The van der Waals surface area contributed by atoms with Gasteiger partial charge < -0.3 is 0 Å². The zero-order chi connectivity index (χ0) is 14.0. The summed E-state index contributed by atoms with van der Waals surface area (Å²) in [6.45, 7) is 8.29. The van der Waals surface area contributed by atoms with Crippen molar-refractivity contribution in [2.45, 2.75) is 40.5 Å². The van der Waals surface area contributed by atoms with Crippen LogP contribution in [-0.4, -0.2) is 9.97 Å². The van der Waals surface area contributed by atoms with Crippen molar-refractivity contribution in [3.63, 3.8) is 0 Å². The van der Waals surface area contributed by atoms with E-state index in [1.165, 1.54) is 11.1 Å². The first kappa shape index (κ1) is 14.0. The average molecular weight is 275 g/mol. The van der Waals surface area contributed by atoms with Crippen LogP contribution in [0, 0.1) is 20.8 Å². The molecule has 1 aromatic heterocycles. The minimum atomic E-state index is 0.563. The van der Waals surface area contributed by atoms with Crippen LogP contribution in [0.4, 0.5) is 0 Å². The Morgan fingerprint density at radius 3 is 2.21 bits per heavy atom. The molecule has 0 radical (unpaired) electrons. The normalized spacial score (nSPS) is 10.8. The third-order valence-electron chi connectivity index (χ3n) is 3.10. The van der Waals surface area contributed by atoms with E-state index >= 15 is 0 Å². The van der Waals surface area contributed by atoms with E-state index in [-0.39, 0.29) is 0 Å². The molecule has 1 heterocycles. The van der Waals surface area contributed by atoms with Gasteiger partial charge >= 0.3 is 0 Å². The topological polar surface area (TPSA) is 25.8 Å². The fraction of sp³-hybridized carbons (Fsp3) is 0.375. The van der Waals surface area contributed by atoms with Crippen LogP contribution in [0.25, 0.3) is 11.3 Å². The number of nitrogens with zero attached hydrogens (tertiary/aromatic N) is 2. The molecule has 0 fully saturated rings. The monoisotopic (exact) mass is 274 g/mol. The van der Waals surface area contributed by atoms with E-state index in [4.69, 9.17) is 11.6 Å². The summed E-state index contributed by atoms with van der Waals surface area (Å²) >= 11 is 6.23. The summed E-state index contributed by atoms with van der Waals surface area (Å²) in [5.74, 6) is 0.826. The molecule has 100 valence electrons. The van der Waals surface area contributed by atoms with Gasteiger partial charge in [-0.1, -0.05) is 35.7 Å². The summed E-state index contributed by atoms with van der Waals surface area (Å²) in [7, 11) is 0. The zero-order valence-corrected chi connectivity index (χ0v) is 12.7. The smallest absolute Gasteiger partial charge is 0.136 e. The van der Waals surface area contributed by atoms with E-state index in [2.05, 4.69) is 48.9 Å². The summed E-state index contributed by atoms with van der Waals surface area (Å²) in [5.41, 5.74) is 5.50. The van der Waals surface area contributed by atoms with Crippen molar-refractivity contribution < 1.29 is 0 Å². The second-order valence-electron chi connectivity index (χ2n) is 5.03. The van der Waals surface area contributed by atoms with Crippen LogP contribution in [0.15, 0.2) is 18.2 Å². The summed E-state index contributed by atoms with van der Waals surface area (Å²) < 4.78 is 0. The van der Waals surface area contributed by atoms with Crippen molar-refractivity contribution in [3.8, 4) is 11.3 Å². The van der Waals surface area contributed by atoms with Gasteiger partial charge in [0, 0.05) is 17.5 Å². The number of aromatic nitrogens is 2. The Labute approximate surface area is 119 Å². The van der Waals surface area contributed by atoms with Gasteiger partial charge in [0.2, 0.25) is 0 Å². The molecule has 0 saturated heterocycles. The number of halogens is 1. The van der Waals surface area contributed by atoms with E-state index in [1.807, 2.05) is 6.92 Å². The van der Waals surface area contributed by atoms with Crippen LogP contribution >= 0.6 is 11.6 Å². The number of hydrogen-bond acceptors (Lipinski definition) is 2. The maximum Gasteiger partial charge on any atom is 0.136 e. The highest BCUT2D eigenvalue weighted by Crippen LogP contribution is 2.27. The highest BCUT2D eigenvalue weighted by molar-refractivity contribution is 6.30. The van der Waals surface area contributed by atoms with Gasteiger partial charge in [-0.3, -0.25) is 0 Å². The standard InChI is InChI=1S/C16H19ClN2/c1-5-6-14-18-15(12(4)16(17)19-14)13-8-10(2)7-11(3)9-13/h7-9H,5-6H2,1-4H3. The number of aryl methyl sites for hydroxylation is 3. The number of rotatable bonds is 3. The Bertz CT molecular complexity index is 586. The highest BCUT2D eigenvalue weighted by Gasteiger charge is 2.11. The summed E-state index contributed by atoms with van der Waals surface area (Å²) in [6.07, 6.45) is 1.88. The molecule has 0 amide bonds. The van der Waals surface area contributed by atoms with Crippen LogP contribution in [0.3, 0.4) is 0 Å². The van der Waals surface area contributed by atoms with Gasteiger partial charge in [-0.05, 0) is 39.3 Å². The van der Waals surface area contributed by atoms with Crippen molar-refractivity contribution in [1.82, 2.24) is 9.97 Å². The second kappa shape index (κ2) is 5.70. The molecule has 1 aromatic carbocycles. The molecule has 0 unspecified atom stereocenters. The van der Waals surface area contributed by atoms with Crippen LogP contribution in [0.1, 0.15) is 35.9 Å². The molecule has 2 aromatic rings. The van der Waals surface area contributed by atoms with E-state index < -0.39 is 0 Å². The molecule has 0 N–H and O–H groups in total. The van der Waals surface area contributed by atoms with Crippen molar-refractivity contribution in [2.75, 3.05) is 0 Å². The molecular weight excluding hydrogens is 256 g/mol. The van der Waals surface area contributed by atoms with E-state index in [1.54, 1.807) is 0 Å². The van der Waals surface area contributed by atoms with Gasteiger partial charge in [0.1, 0.15) is 11.0 Å². The van der Waals surface area contributed by atoms with Crippen molar-refractivity contribution in [3.05, 3.63) is 45.9 Å². The predicted molar refractivity (Wildman–Crippen MR) is 80.7 cm³/mol. The molecule has 3 heteroatoms. The maximum absolute atomic E-state index is 6.23. The fourth-order valence-corrected chi connectivity index (χ4v) is 2.45. The highest BCUT2D eigenvalue weighted by atomic mass is 35.5. The number of hydrogen-bond donors (Lipinski definition) is 0. The van der Waals surface area contributed by atoms with E-state index in [0.717, 1.165) is 35.5 Å². The second-order valence-corrected chi connectivity index (χ2v) is 5.39. The zero-order valence-electron chi connectivity index (χ0n) is 11.9. The molecule has 19 heavy (non-hydrogen) atoms. The first-order valence-electron chi connectivity index (χ1n) is 6.63. The van der Waals surface area contributed by atoms with Crippen LogP contribution in [0.5, 0.6) is 0 Å². The lowest BCUT2D eigenvalue weighted by atomic mass is 10.0. The molecule has 2 rings (SSSR count). The minimum Gasteiger partial charge on any atom is -0.233 e. The van der Waals surface area contributed by atoms with Gasteiger partial charge in [0.25, 0.3) is 0 Å². The number of benzene rings is 1. The third kappa shape index (κ3) is 3.13. The van der Waals surface area contributed by atoms with E-state index in [0.29, 0.717) is 5.15 Å². The molecule has 0 aliphatic heterocycles. The molecule has 0 spiro atoms. The Kier molecular flexibility index (Phi) is 4.20. The quantitative estimate of drug-likeness (QED) is 0.760. The predicted octanol–water partition coefficient (Wildman–Crippen LogP) is 4.67. The molecule has 0 saturated carbocycles. The SMILES string of the molecule is CCCc1nc(Cl)c(C)c(-c2cc(C)cc(C)c2)n1. The largest absolute Gasteiger partial charge is 0.233 e. The fourth-order valence-electron chi connectivity index (χ4n) is 2.26. The molecule has 2 nitrogen and oxygen atoms in total. The molecule has 0 aliphatic rings. The summed E-state index contributed by atoms with van der Waals surface area (Å²) in [5, 5.41) is 0.563. The lowest BCUT2D eigenvalue weighted by Gasteiger charge is -2.10. The van der Waals surface area contributed by atoms with Gasteiger partial charge in [-0.2, -0.15) is 0 Å². The lowest BCUT2D eigenvalue weighted by Crippen LogP contribution is -2.01. The van der Waals surface area contributed by atoms with Crippen LogP contribution in [0.2, 0.25) is 5.15 Å². The van der Waals surface area contributed by atoms with E-state index in [9.17, 15) is 0 Å². The molecular formula is C16H19ClN2. The Morgan fingerprint density at radius 2 is 1.63 bits per heavy atom. The minimum absolute atomic E-state index is 0.563. The van der Waals surface area contributed by atoms with Crippen LogP contribution < -0.4 is 0 Å². The Morgan fingerprint density at radius 1 is 1.00 bits per heavy atom. The maximum atomic E-state index is 6.23. The van der Waals surface area contributed by atoms with Gasteiger partial charge in [-0.15, -0.1) is 0 Å². The first-order chi connectivity index (χ1) is 9.01. The van der Waals surface area contributed by atoms with Crippen molar-refractivity contribution in [1.29, 1.82) is 0 Å². The van der Waals surface area contributed by atoms with Gasteiger partial charge in [-0.25, -0.2) is 9.97 Å². The Balaban J connectivity index is 2.59. The van der Waals surface area contributed by atoms with Gasteiger partial charge in [0.15, 0.2) is 0 Å². The van der Waals surface area contributed by atoms with Crippen molar-refractivity contribution in [2.24, 2.45) is 0 Å². The summed E-state index contributed by atoms with van der Waals surface area (Å²) in [6, 6.07) is 6.46. The Hall–Kier alpha value is -1.41. The molecule has 0 bridgehead atoms. The van der Waals surface area contributed by atoms with Crippen LogP contribution in [-0.2, 0) is 6.42 Å².